The summed E-state index contributed by atoms with van der Waals surface area (Å²) in [5.41, 5.74) is 1.46. The first-order valence-corrected chi connectivity index (χ1v) is 5.69. The number of ketones is 1. The van der Waals surface area contributed by atoms with Gasteiger partial charge in [0.1, 0.15) is 5.75 Å². The molecular weight excluding hydrogens is 250 g/mol. The van der Waals surface area contributed by atoms with E-state index in [4.69, 9.17) is 4.74 Å². The average Bonchev–Trinajstić information content (AvgIpc) is 2.46. The largest absolute Gasteiger partial charge is 0.496 e. The van der Waals surface area contributed by atoms with Gasteiger partial charge in [-0.25, -0.2) is 8.78 Å². The Balaban J connectivity index is 2.50. The van der Waals surface area contributed by atoms with Crippen molar-refractivity contribution >= 4 is 5.78 Å². The van der Waals surface area contributed by atoms with Gasteiger partial charge in [0.15, 0.2) is 0 Å². The molecule has 0 fully saturated rings. The molecule has 0 saturated heterocycles. The highest BCUT2D eigenvalue weighted by molar-refractivity contribution is 6.01. The summed E-state index contributed by atoms with van der Waals surface area (Å²) in [5.74, 6) is -1.07. The number of carbonyl (C=O) groups is 1. The first-order valence-electron chi connectivity index (χ1n) is 5.69. The molecule has 4 heteroatoms. The number of hydrogen-bond donors (Lipinski definition) is 0. The monoisotopic (exact) mass is 262 g/mol. The van der Waals surface area contributed by atoms with Gasteiger partial charge in [-0.05, 0) is 23.3 Å². The fourth-order valence-electron chi connectivity index (χ4n) is 1.83. The quantitative estimate of drug-likeness (QED) is 0.783. The molecule has 19 heavy (non-hydrogen) atoms. The van der Waals surface area contributed by atoms with E-state index in [-0.39, 0.29) is 11.3 Å². The number of Topliss-reactive ketones (excluding diaryl/α,β-unsaturated/α-hetero) is 1. The van der Waals surface area contributed by atoms with Gasteiger partial charge in [0.25, 0.3) is 0 Å². The highest BCUT2D eigenvalue weighted by atomic mass is 19.3. The van der Waals surface area contributed by atoms with Crippen LogP contribution >= 0.6 is 0 Å². The molecule has 0 aromatic heterocycles. The van der Waals surface area contributed by atoms with E-state index >= 15 is 0 Å². The fraction of sp³-hybridized carbons (Fsp3) is 0.133. The molecule has 0 aliphatic rings. The molecule has 0 heterocycles. The third-order valence-corrected chi connectivity index (χ3v) is 2.77. The zero-order valence-corrected chi connectivity index (χ0v) is 10.3. The molecular formula is C15H12F2O2. The smallest absolute Gasteiger partial charge is 0.300 e. The Bertz CT molecular complexity index is 580. The van der Waals surface area contributed by atoms with Gasteiger partial charge < -0.3 is 4.74 Å². The summed E-state index contributed by atoms with van der Waals surface area (Å²) in [5, 5.41) is 0. The zero-order valence-electron chi connectivity index (χ0n) is 10.3. The third-order valence-electron chi connectivity index (χ3n) is 2.77. The summed E-state index contributed by atoms with van der Waals surface area (Å²) in [6.07, 6.45) is -3.04. The van der Waals surface area contributed by atoms with Crippen molar-refractivity contribution in [3.05, 3.63) is 54.1 Å². The third kappa shape index (κ3) is 2.78. The molecule has 0 aliphatic heterocycles. The molecule has 2 aromatic rings. The number of ether oxygens (including phenoxy) is 1. The van der Waals surface area contributed by atoms with Crippen molar-refractivity contribution in [3.8, 4) is 16.9 Å². The average molecular weight is 262 g/mol. The molecule has 0 bridgehead atoms. The second kappa shape index (κ2) is 5.61. The topological polar surface area (TPSA) is 26.3 Å². The summed E-state index contributed by atoms with van der Waals surface area (Å²) in [4.78, 5) is 11.5. The van der Waals surface area contributed by atoms with Crippen LogP contribution in [0.1, 0.15) is 10.4 Å². The van der Waals surface area contributed by atoms with E-state index < -0.39 is 12.2 Å². The second-order valence-corrected chi connectivity index (χ2v) is 3.95. The van der Waals surface area contributed by atoms with Crippen LogP contribution in [-0.4, -0.2) is 19.3 Å². The first kappa shape index (κ1) is 13.2. The van der Waals surface area contributed by atoms with E-state index in [1.807, 2.05) is 30.3 Å². The number of carbonyl (C=O) groups excluding carboxylic acids is 1. The lowest BCUT2D eigenvalue weighted by atomic mass is 10.0. The summed E-state index contributed by atoms with van der Waals surface area (Å²) >= 11 is 0. The van der Waals surface area contributed by atoms with Crippen LogP contribution in [0.15, 0.2) is 48.5 Å². The Morgan fingerprint density at radius 1 is 1.05 bits per heavy atom. The van der Waals surface area contributed by atoms with E-state index in [9.17, 15) is 13.6 Å². The first-order chi connectivity index (χ1) is 9.13. The maximum atomic E-state index is 12.6. The zero-order chi connectivity index (χ0) is 13.8. The molecule has 2 rings (SSSR count). The normalized spacial score (nSPS) is 10.5. The maximum absolute atomic E-state index is 12.6. The SMILES string of the molecule is COc1ccc(-c2ccccc2)cc1C(=O)C(F)F. The van der Waals surface area contributed by atoms with Crippen LogP contribution in [0.3, 0.4) is 0 Å². The standard InChI is InChI=1S/C15H12F2O2/c1-19-13-8-7-11(10-5-3-2-4-6-10)9-12(13)14(18)15(16)17/h2-9,15H,1H3. The molecule has 2 aromatic carbocycles. The van der Waals surface area contributed by atoms with Gasteiger partial charge in [0.05, 0.1) is 12.7 Å². The minimum absolute atomic E-state index is 0.0983. The van der Waals surface area contributed by atoms with Crippen LogP contribution in [0.4, 0.5) is 8.78 Å². The van der Waals surface area contributed by atoms with Crippen molar-refractivity contribution in [1.82, 2.24) is 0 Å². The van der Waals surface area contributed by atoms with Crippen molar-refractivity contribution in [2.24, 2.45) is 0 Å². The predicted molar refractivity (Wildman–Crippen MR) is 68.8 cm³/mol. The van der Waals surface area contributed by atoms with Gasteiger partial charge in [-0.2, -0.15) is 0 Å². The molecule has 0 atom stereocenters. The van der Waals surface area contributed by atoms with Crippen LogP contribution in [0.2, 0.25) is 0 Å². The molecule has 0 N–H and O–H groups in total. The van der Waals surface area contributed by atoms with Gasteiger partial charge in [0, 0.05) is 0 Å². The lowest BCUT2D eigenvalue weighted by molar-refractivity contribution is 0.0675. The number of hydrogen-bond acceptors (Lipinski definition) is 2. The second-order valence-electron chi connectivity index (χ2n) is 3.95. The number of rotatable bonds is 4. The van der Waals surface area contributed by atoms with E-state index in [1.54, 1.807) is 6.07 Å². The number of alkyl halides is 2. The van der Waals surface area contributed by atoms with Crippen LogP contribution in [0, 0.1) is 0 Å². The van der Waals surface area contributed by atoms with Crippen molar-refractivity contribution in [2.45, 2.75) is 6.43 Å². The number of methoxy groups -OCH3 is 1. The highest BCUT2D eigenvalue weighted by Crippen LogP contribution is 2.28. The molecule has 0 amide bonds. The minimum atomic E-state index is -3.04. The summed E-state index contributed by atoms with van der Waals surface area (Å²) < 4.78 is 30.1. The number of benzene rings is 2. The molecule has 0 radical (unpaired) electrons. The molecule has 0 saturated carbocycles. The molecule has 98 valence electrons. The fourth-order valence-corrected chi connectivity index (χ4v) is 1.83. The van der Waals surface area contributed by atoms with Crippen molar-refractivity contribution in [2.75, 3.05) is 7.11 Å². The van der Waals surface area contributed by atoms with Crippen LogP contribution in [0.5, 0.6) is 5.75 Å². The highest BCUT2D eigenvalue weighted by Gasteiger charge is 2.22. The predicted octanol–water partition coefficient (Wildman–Crippen LogP) is 3.81. The van der Waals surface area contributed by atoms with Gasteiger partial charge in [-0.15, -0.1) is 0 Å². The van der Waals surface area contributed by atoms with Crippen molar-refractivity contribution in [1.29, 1.82) is 0 Å². The molecule has 2 nitrogen and oxygen atoms in total. The summed E-state index contributed by atoms with van der Waals surface area (Å²) in [6.45, 7) is 0. The molecule has 0 aliphatic carbocycles. The van der Waals surface area contributed by atoms with Gasteiger partial charge >= 0.3 is 6.43 Å². The minimum Gasteiger partial charge on any atom is -0.496 e. The van der Waals surface area contributed by atoms with E-state index in [1.165, 1.54) is 19.2 Å². The Hall–Kier alpha value is -2.23. The molecule has 0 unspecified atom stereocenters. The van der Waals surface area contributed by atoms with Gasteiger partial charge in [0.2, 0.25) is 5.78 Å². The van der Waals surface area contributed by atoms with Crippen LogP contribution in [-0.2, 0) is 0 Å². The Labute approximate surface area is 109 Å². The summed E-state index contributed by atoms with van der Waals surface area (Å²) in [6, 6.07) is 13.9. The molecule has 0 spiro atoms. The van der Waals surface area contributed by atoms with Gasteiger partial charge in [-0.3, -0.25) is 4.79 Å². The van der Waals surface area contributed by atoms with Crippen molar-refractivity contribution in [3.63, 3.8) is 0 Å². The Morgan fingerprint density at radius 3 is 2.32 bits per heavy atom. The van der Waals surface area contributed by atoms with E-state index in [0.29, 0.717) is 5.56 Å². The van der Waals surface area contributed by atoms with E-state index in [2.05, 4.69) is 0 Å². The lowest BCUT2D eigenvalue weighted by Gasteiger charge is -2.10. The maximum Gasteiger partial charge on any atom is 0.300 e. The Morgan fingerprint density at radius 2 is 1.74 bits per heavy atom. The van der Waals surface area contributed by atoms with Crippen molar-refractivity contribution < 1.29 is 18.3 Å². The summed E-state index contributed by atoms with van der Waals surface area (Å²) in [7, 11) is 1.35. The Kier molecular flexibility index (Phi) is 3.90. The van der Waals surface area contributed by atoms with Crippen LogP contribution in [0.25, 0.3) is 11.1 Å². The van der Waals surface area contributed by atoms with Crippen LogP contribution < -0.4 is 4.74 Å². The lowest BCUT2D eigenvalue weighted by Crippen LogP contribution is -2.11. The van der Waals surface area contributed by atoms with E-state index in [0.717, 1.165) is 5.56 Å². The van der Waals surface area contributed by atoms with Gasteiger partial charge in [-0.1, -0.05) is 36.4 Å². The number of halogens is 2.